The van der Waals surface area contributed by atoms with Gasteiger partial charge in [-0.05, 0) is 70.3 Å². The molecule has 0 radical (unpaired) electrons. The SMILES string of the molecule is CCCCC/C=C\C/C=C\C/C=C\CCCCCCCCCCCCCCC(=O)NC(COP(=O)([O-])OCC[N+](C)(C)C)C(/C=C\CCCCCCCCCCC)OC(=O)CCCCCCCCCCCCC. The molecule has 0 saturated heterocycles. The van der Waals surface area contributed by atoms with Crippen molar-refractivity contribution >= 4 is 19.7 Å². The average Bonchev–Trinajstić information content (AvgIpc) is 3.35. The largest absolute Gasteiger partial charge is 0.756 e. The number of unbranched alkanes of at least 4 members (excludes halogenated alkanes) is 34. The lowest BCUT2D eigenvalue weighted by Gasteiger charge is -2.30. The van der Waals surface area contributed by atoms with E-state index in [-0.39, 0.29) is 31.5 Å². The van der Waals surface area contributed by atoms with Crippen LogP contribution in [-0.4, -0.2) is 69.4 Å². The van der Waals surface area contributed by atoms with Crippen molar-refractivity contribution in [1.82, 2.24) is 5.32 Å². The second-order valence-electron chi connectivity index (χ2n) is 22.2. The first kappa shape index (κ1) is 71.0. The van der Waals surface area contributed by atoms with Gasteiger partial charge in [-0.25, -0.2) is 0 Å². The van der Waals surface area contributed by atoms with E-state index in [0.29, 0.717) is 17.4 Å². The van der Waals surface area contributed by atoms with Crippen LogP contribution in [0.1, 0.15) is 290 Å². The van der Waals surface area contributed by atoms with E-state index in [2.05, 4.69) is 62.5 Å². The van der Waals surface area contributed by atoms with Crippen LogP contribution < -0.4 is 10.2 Å². The van der Waals surface area contributed by atoms with Gasteiger partial charge in [0.15, 0.2) is 0 Å². The number of likely N-dealkylation sites (N-methyl/N-ethyl adjacent to an activating group) is 1. The quantitative estimate of drug-likeness (QED) is 0.0212. The van der Waals surface area contributed by atoms with Gasteiger partial charge in [-0.1, -0.05) is 256 Å². The van der Waals surface area contributed by atoms with Gasteiger partial charge >= 0.3 is 5.97 Å². The molecule has 0 aliphatic heterocycles. The number of allylic oxidation sites excluding steroid dienone is 7. The van der Waals surface area contributed by atoms with E-state index in [1.54, 1.807) is 0 Å². The van der Waals surface area contributed by atoms with Crippen LogP contribution in [0, 0.1) is 0 Å². The summed E-state index contributed by atoms with van der Waals surface area (Å²) in [4.78, 5) is 39.9. The number of hydrogen-bond acceptors (Lipinski definition) is 7. The van der Waals surface area contributed by atoms with E-state index in [1.165, 1.54) is 186 Å². The molecule has 3 atom stereocenters. The number of carbonyl (C=O) groups excluding carboxylic acids is 2. The van der Waals surface area contributed by atoms with E-state index in [0.717, 1.165) is 70.6 Å². The molecule has 0 bridgehead atoms. The van der Waals surface area contributed by atoms with Crippen LogP contribution in [-0.2, 0) is 27.9 Å². The minimum atomic E-state index is -4.69. The number of nitrogens with one attached hydrogen (secondary N) is 1. The van der Waals surface area contributed by atoms with Crippen molar-refractivity contribution in [2.45, 2.75) is 303 Å². The maximum absolute atomic E-state index is 13.5. The first-order chi connectivity index (χ1) is 35.4. The number of phosphoric ester groups is 1. The van der Waals surface area contributed by atoms with Crippen LogP contribution in [0.15, 0.2) is 48.6 Å². The van der Waals surface area contributed by atoms with E-state index < -0.39 is 20.0 Å². The molecule has 0 aromatic carbocycles. The topological polar surface area (TPSA) is 114 Å². The zero-order valence-electron chi connectivity index (χ0n) is 48.8. The number of esters is 1. The van der Waals surface area contributed by atoms with Gasteiger partial charge in [0.2, 0.25) is 5.91 Å². The maximum Gasteiger partial charge on any atom is 0.306 e. The second kappa shape index (κ2) is 53.4. The van der Waals surface area contributed by atoms with Gasteiger partial charge in [0.25, 0.3) is 7.82 Å². The van der Waals surface area contributed by atoms with Gasteiger partial charge in [-0.15, -0.1) is 0 Å². The van der Waals surface area contributed by atoms with Gasteiger partial charge in [-0.3, -0.25) is 14.2 Å². The highest BCUT2D eigenvalue weighted by Gasteiger charge is 2.27. The summed E-state index contributed by atoms with van der Waals surface area (Å²) in [6.07, 6.45) is 65.1. The summed E-state index contributed by atoms with van der Waals surface area (Å²) in [6.45, 7) is 6.82. The third kappa shape index (κ3) is 54.6. The van der Waals surface area contributed by atoms with Gasteiger partial charge in [0, 0.05) is 12.8 Å². The molecule has 0 aliphatic rings. The molecule has 73 heavy (non-hydrogen) atoms. The van der Waals surface area contributed by atoms with Crippen molar-refractivity contribution in [3.05, 3.63) is 48.6 Å². The Kier molecular flexibility index (Phi) is 51.9. The number of amides is 1. The van der Waals surface area contributed by atoms with Crippen LogP contribution in [0.5, 0.6) is 0 Å². The lowest BCUT2D eigenvalue weighted by molar-refractivity contribution is -0.870. The summed E-state index contributed by atoms with van der Waals surface area (Å²) >= 11 is 0. The minimum Gasteiger partial charge on any atom is -0.756 e. The zero-order valence-corrected chi connectivity index (χ0v) is 49.7. The van der Waals surface area contributed by atoms with Crippen molar-refractivity contribution in [3.63, 3.8) is 0 Å². The van der Waals surface area contributed by atoms with Gasteiger partial charge in [-0.2, -0.15) is 0 Å². The first-order valence-corrected chi connectivity index (χ1v) is 32.4. The Labute approximate surface area is 452 Å². The molecule has 0 saturated carbocycles. The molecule has 428 valence electrons. The predicted octanol–water partition coefficient (Wildman–Crippen LogP) is 18.3. The Bertz CT molecular complexity index is 1390. The maximum atomic E-state index is 13.5. The van der Waals surface area contributed by atoms with Crippen molar-refractivity contribution in [1.29, 1.82) is 0 Å². The third-order valence-electron chi connectivity index (χ3n) is 13.8. The molecule has 0 aromatic rings. The van der Waals surface area contributed by atoms with E-state index >= 15 is 0 Å². The minimum absolute atomic E-state index is 0.0213. The highest BCUT2D eigenvalue weighted by molar-refractivity contribution is 7.45. The Balaban J connectivity index is 5.04. The number of quaternary nitrogens is 1. The highest BCUT2D eigenvalue weighted by Crippen LogP contribution is 2.38. The predicted molar refractivity (Wildman–Crippen MR) is 312 cm³/mol. The number of hydrogen-bond donors (Lipinski definition) is 1. The summed E-state index contributed by atoms with van der Waals surface area (Å²) in [5.41, 5.74) is 0. The standard InChI is InChI=1S/C63H119N2O7P/c1-7-10-13-16-19-22-25-26-27-28-29-30-31-32-33-34-35-36-37-38-41-43-46-49-52-55-62(66)64-60(59-71-73(68,69)70-58-57-65(4,5)6)61(54-51-48-45-42-39-23-20-17-14-11-8-2)72-63(67)56-53-50-47-44-40-24-21-18-15-12-9-3/h19,22,26-27,29-30,51,54,60-61H,7-18,20-21,23-25,28,31-50,52-53,55-59H2,1-6H3,(H-,64,66,68,69)/b22-19-,27-26-,30-29-,54-51-. The summed E-state index contributed by atoms with van der Waals surface area (Å²) in [6, 6.07) is -0.885. The molecule has 10 heteroatoms. The Hall–Kier alpha value is -2.03. The van der Waals surface area contributed by atoms with Crippen LogP contribution in [0.2, 0.25) is 0 Å². The first-order valence-electron chi connectivity index (χ1n) is 30.9. The van der Waals surface area contributed by atoms with Crippen molar-refractivity contribution in [3.8, 4) is 0 Å². The molecular formula is C63H119N2O7P. The fraction of sp³-hybridized carbons (Fsp3) is 0.841. The van der Waals surface area contributed by atoms with E-state index in [4.69, 9.17) is 13.8 Å². The van der Waals surface area contributed by atoms with Gasteiger partial charge < -0.3 is 28.5 Å². The van der Waals surface area contributed by atoms with Gasteiger partial charge in [0.1, 0.15) is 19.3 Å². The van der Waals surface area contributed by atoms with E-state index in [9.17, 15) is 19.0 Å². The molecule has 0 spiro atoms. The summed E-state index contributed by atoms with van der Waals surface area (Å²) < 4.78 is 30.2. The summed E-state index contributed by atoms with van der Waals surface area (Å²) in [5.74, 6) is -0.536. The van der Waals surface area contributed by atoms with Crippen LogP contribution in [0.3, 0.4) is 0 Å². The van der Waals surface area contributed by atoms with Crippen molar-refractivity contribution in [2.75, 3.05) is 40.9 Å². The molecule has 0 aliphatic carbocycles. The Morgan fingerprint density at radius 1 is 0.479 bits per heavy atom. The fourth-order valence-electron chi connectivity index (χ4n) is 8.94. The average molecular weight is 1050 g/mol. The molecule has 0 aromatic heterocycles. The molecule has 0 fully saturated rings. The molecular weight excluding hydrogens is 928 g/mol. The number of rotatable bonds is 56. The lowest BCUT2D eigenvalue weighted by atomic mass is 10.0. The molecule has 9 nitrogen and oxygen atoms in total. The normalized spacial score (nSPS) is 14.0. The fourth-order valence-corrected chi connectivity index (χ4v) is 9.66. The monoisotopic (exact) mass is 1050 g/mol. The third-order valence-corrected chi connectivity index (χ3v) is 14.7. The van der Waals surface area contributed by atoms with Crippen LogP contribution >= 0.6 is 7.82 Å². The Morgan fingerprint density at radius 2 is 0.836 bits per heavy atom. The number of phosphoric acid groups is 1. The van der Waals surface area contributed by atoms with Crippen molar-refractivity contribution in [2.24, 2.45) is 0 Å². The Morgan fingerprint density at radius 3 is 1.27 bits per heavy atom. The molecule has 0 heterocycles. The lowest BCUT2D eigenvalue weighted by Crippen LogP contribution is -2.47. The molecule has 0 rings (SSSR count). The van der Waals surface area contributed by atoms with E-state index in [1.807, 2.05) is 33.3 Å². The number of ether oxygens (including phenoxy) is 1. The molecule has 1 N–H and O–H groups in total. The zero-order chi connectivity index (χ0) is 53.6. The summed E-state index contributed by atoms with van der Waals surface area (Å²) in [5, 5.41) is 3.03. The molecule has 1 amide bonds. The molecule has 3 unspecified atom stereocenters. The smallest absolute Gasteiger partial charge is 0.306 e. The summed E-state index contributed by atoms with van der Waals surface area (Å²) in [7, 11) is 1.19. The van der Waals surface area contributed by atoms with Gasteiger partial charge in [0.05, 0.1) is 33.8 Å². The number of nitrogens with zero attached hydrogens (tertiary/aromatic N) is 1. The van der Waals surface area contributed by atoms with Crippen LogP contribution in [0.25, 0.3) is 0 Å². The van der Waals surface area contributed by atoms with Crippen LogP contribution in [0.4, 0.5) is 0 Å². The number of carbonyl (C=O) groups is 2. The highest BCUT2D eigenvalue weighted by atomic mass is 31.2. The van der Waals surface area contributed by atoms with Crippen molar-refractivity contribution < 1.29 is 37.3 Å². The second-order valence-corrected chi connectivity index (χ2v) is 23.6.